The van der Waals surface area contributed by atoms with Crippen molar-refractivity contribution in [2.45, 2.75) is 19.4 Å². The molecule has 27 heavy (non-hydrogen) atoms. The molecule has 0 aromatic heterocycles. The summed E-state index contributed by atoms with van der Waals surface area (Å²) in [6.45, 7) is 2.78. The van der Waals surface area contributed by atoms with Crippen molar-refractivity contribution in [2.75, 3.05) is 20.2 Å². The van der Waals surface area contributed by atoms with Gasteiger partial charge in [0.15, 0.2) is 0 Å². The molecule has 1 fully saturated rings. The van der Waals surface area contributed by atoms with Gasteiger partial charge in [-0.25, -0.2) is 4.79 Å². The number of nitrogens with one attached hydrogen (secondary N) is 1. The number of nitrogens with zero attached hydrogens (tertiary/aromatic N) is 1. The fourth-order valence-electron chi connectivity index (χ4n) is 3.19. The summed E-state index contributed by atoms with van der Waals surface area (Å²) in [7, 11) is 1.35. The summed E-state index contributed by atoms with van der Waals surface area (Å²) in [5, 5.41) is 2.81. The van der Waals surface area contributed by atoms with Crippen molar-refractivity contribution in [3.8, 4) is 11.1 Å². The Hall–Kier alpha value is -3.15. The maximum Gasteiger partial charge on any atom is 0.338 e. The molecule has 1 aliphatic rings. The maximum absolute atomic E-state index is 12.9. The van der Waals surface area contributed by atoms with Crippen molar-refractivity contribution in [2.24, 2.45) is 0 Å². The number of ether oxygens (including phenoxy) is 1. The highest BCUT2D eigenvalue weighted by Crippen LogP contribution is 2.25. The van der Waals surface area contributed by atoms with Crippen LogP contribution in [0.4, 0.5) is 0 Å². The van der Waals surface area contributed by atoms with Gasteiger partial charge in [0.1, 0.15) is 0 Å². The maximum atomic E-state index is 12.9. The van der Waals surface area contributed by atoms with E-state index < -0.39 is 5.97 Å². The predicted molar refractivity (Wildman–Crippen MR) is 101 cm³/mol. The average molecular weight is 366 g/mol. The van der Waals surface area contributed by atoms with Crippen LogP contribution in [0.2, 0.25) is 0 Å². The highest BCUT2D eigenvalue weighted by molar-refractivity contribution is 5.98. The van der Waals surface area contributed by atoms with Gasteiger partial charge >= 0.3 is 5.97 Å². The molecule has 0 saturated carbocycles. The average Bonchev–Trinajstić information content (AvgIpc) is 2.88. The first-order chi connectivity index (χ1) is 13.0. The van der Waals surface area contributed by atoms with E-state index in [9.17, 15) is 14.4 Å². The number of hydrogen-bond donors (Lipinski definition) is 1. The summed E-state index contributed by atoms with van der Waals surface area (Å²) in [5.74, 6) is -0.542. The standard InChI is InChI=1S/C21H22N2O4/c1-14-13-22-19(24)11-12-23(14)20(25)16-9-7-15(8-10-16)17-5-3-4-6-18(17)21(26)27-2/h3-10,14H,11-13H2,1-2H3,(H,22,24)/t14-/m0/s1. The second kappa shape index (κ2) is 8.03. The molecule has 1 aliphatic heterocycles. The van der Waals surface area contributed by atoms with Crippen LogP contribution in [0, 0.1) is 0 Å². The molecule has 0 radical (unpaired) electrons. The van der Waals surface area contributed by atoms with E-state index in [1.54, 1.807) is 29.2 Å². The van der Waals surface area contributed by atoms with Gasteiger partial charge in [0.2, 0.25) is 5.91 Å². The van der Waals surface area contributed by atoms with Crippen LogP contribution in [-0.2, 0) is 9.53 Å². The Morgan fingerprint density at radius 2 is 1.81 bits per heavy atom. The fraction of sp³-hybridized carbons (Fsp3) is 0.286. The Bertz CT molecular complexity index is 861. The zero-order valence-corrected chi connectivity index (χ0v) is 15.4. The molecular weight excluding hydrogens is 344 g/mol. The van der Waals surface area contributed by atoms with Crippen LogP contribution in [0.3, 0.4) is 0 Å². The molecule has 2 amide bonds. The second-order valence-corrected chi connectivity index (χ2v) is 6.52. The Morgan fingerprint density at radius 3 is 2.52 bits per heavy atom. The van der Waals surface area contributed by atoms with Gasteiger partial charge in [0.05, 0.1) is 12.7 Å². The van der Waals surface area contributed by atoms with E-state index in [4.69, 9.17) is 4.74 Å². The van der Waals surface area contributed by atoms with Crippen molar-refractivity contribution < 1.29 is 19.1 Å². The van der Waals surface area contributed by atoms with Gasteiger partial charge in [-0.15, -0.1) is 0 Å². The minimum absolute atomic E-state index is 0.0353. The molecule has 6 heteroatoms. The number of rotatable bonds is 3. The van der Waals surface area contributed by atoms with Gasteiger partial charge in [-0.05, 0) is 36.2 Å². The second-order valence-electron chi connectivity index (χ2n) is 6.52. The Labute approximate surface area is 158 Å². The number of esters is 1. The molecule has 0 bridgehead atoms. The van der Waals surface area contributed by atoms with Crippen LogP contribution in [-0.4, -0.2) is 48.9 Å². The fourth-order valence-corrected chi connectivity index (χ4v) is 3.19. The van der Waals surface area contributed by atoms with E-state index in [-0.39, 0.29) is 17.9 Å². The third-order valence-electron chi connectivity index (χ3n) is 4.74. The summed E-state index contributed by atoms with van der Waals surface area (Å²) in [4.78, 5) is 38.1. The van der Waals surface area contributed by atoms with E-state index in [2.05, 4.69) is 5.32 Å². The van der Waals surface area contributed by atoms with Gasteiger partial charge < -0.3 is 15.0 Å². The van der Waals surface area contributed by atoms with Gasteiger partial charge in [-0.1, -0.05) is 30.3 Å². The van der Waals surface area contributed by atoms with Gasteiger partial charge in [0.25, 0.3) is 5.91 Å². The van der Waals surface area contributed by atoms with Crippen LogP contribution < -0.4 is 5.32 Å². The summed E-state index contributed by atoms with van der Waals surface area (Å²) < 4.78 is 4.84. The van der Waals surface area contributed by atoms with E-state index in [0.29, 0.717) is 30.6 Å². The lowest BCUT2D eigenvalue weighted by Crippen LogP contribution is -2.41. The molecule has 2 aromatic rings. The zero-order chi connectivity index (χ0) is 19.4. The molecule has 0 aliphatic carbocycles. The van der Waals surface area contributed by atoms with Gasteiger partial charge in [0, 0.05) is 31.1 Å². The number of amides is 2. The first-order valence-electron chi connectivity index (χ1n) is 8.86. The Morgan fingerprint density at radius 1 is 1.11 bits per heavy atom. The molecule has 1 atom stereocenters. The molecule has 1 N–H and O–H groups in total. The van der Waals surface area contributed by atoms with Crippen LogP contribution >= 0.6 is 0 Å². The van der Waals surface area contributed by atoms with Crippen molar-refractivity contribution >= 4 is 17.8 Å². The molecule has 3 rings (SSSR count). The number of benzene rings is 2. The van der Waals surface area contributed by atoms with E-state index in [1.807, 2.05) is 31.2 Å². The van der Waals surface area contributed by atoms with Crippen LogP contribution in [0.25, 0.3) is 11.1 Å². The molecule has 0 spiro atoms. The molecule has 1 heterocycles. The topological polar surface area (TPSA) is 75.7 Å². The van der Waals surface area contributed by atoms with Crippen molar-refractivity contribution in [3.05, 3.63) is 59.7 Å². The smallest absolute Gasteiger partial charge is 0.338 e. The summed E-state index contributed by atoms with van der Waals surface area (Å²) in [6, 6.07) is 14.3. The van der Waals surface area contributed by atoms with E-state index in [1.165, 1.54) is 7.11 Å². The van der Waals surface area contributed by atoms with Crippen molar-refractivity contribution in [1.29, 1.82) is 0 Å². The monoisotopic (exact) mass is 366 g/mol. The molecular formula is C21H22N2O4. The minimum Gasteiger partial charge on any atom is -0.465 e. The van der Waals surface area contributed by atoms with Gasteiger partial charge in [-0.3, -0.25) is 9.59 Å². The molecule has 6 nitrogen and oxygen atoms in total. The molecule has 2 aromatic carbocycles. The molecule has 0 unspecified atom stereocenters. The summed E-state index contributed by atoms with van der Waals surface area (Å²) in [5.41, 5.74) is 2.61. The Kier molecular flexibility index (Phi) is 5.54. The normalized spacial score (nSPS) is 17.0. The first kappa shape index (κ1) is 18.6. The lowest BCUT2D eigenvalue weighted by atomic mass is 9.98. The van der Waals surface area contributed by atoms with Crippen molar-refractivity contribution in [3.63, 3.8) is 0 Å². The minimum atomic E-state index is -0.402. The predicted octanol–water partition coefficient (Wildman–Crippen LogP) is 2.49. The van der Waals surface area contributed by atoms with Crippen molar-refractivity contribution in [1.82, 2.24) is 10.2 Å². The highest BCUT2D eigenvalue weighted by atomic mass is 16.5. The van der Waals surface area contributed by atoms with Gasteiger partial charge in [-0.2, -0.15) is 0 Å². The Balaban J connectivity index is 1.85. The molecule has 140 valence electrons. The summed E-state index contributed by atoms with van der Waals surface area (Å²) >= 11 is 0. The van der Waals surface area contributed by atoms with E-state index in [0.717, 1.165) is 11.1 Å². The number of carbonyl (C=O) groups excluding carboxylic acids is 3. The third-order valence-corrected chi connectivity index (χ3v) is 4.74. The number of carbonyl (C=O) groups is 3. The van der Waals surface area contributed by atoms with Crippen LogP contribution in [0.15, 0.2) is 48.5 Å². The summed E-state index contributed by atoms with van der Waals surface area (Å²) in [6.07, 6.45) is 0.306. The number of methoxy groups -OCH3 is 1. The van der Waals surface area contributed by atoms with E-state index >= 15 is 0 Å². The van der Waals surface area contributed by atoms with Crippen LogP contribution in [0.5, 0.6) is 0 Å². The first-order valence-corrected chi connectivity index (χ1v) is 8.86. The highest BCUT2D eigenvalue weighted by Gasteiger charge is 2.25. The van der Waals surface area contributed by atoms with Crippen LogP contribution in [0.1, 0.15) is 34.1 Å². The number of hydrogen-bond acceptors (Lipinski definition) is 4. The largest absolute Gasteiger partial charge is 0.465 e. The third kappa shape index (κ3) is 4.00. The SMILES string of the molecule is COC(=O)c1ccccc1-c1ccc(C(=O)N2CCC(=O)NC[C@@H]2C)cc1. The quantitative estimate of drug-likeness (QED) is 0.847. The lowest BCUT2D eigenvalue weighted by molar-refractivity contribution is -0.120. The lowest BCUT2D eigenvalue weighted by Gasteiger charge is -2.26. The molecule has 1 saturated heterocycles. The zero-order valence-electron chi connectivity index (χ0n) is 15.4.